The van der Waals surface area contributed by atoms with Crippen molar-refractivity contribution in [1.82, 2.24) is 10.3 Å². The highest BCUT2D eigenvalue weighted by atomic mass is 127. The van der Waals surface area contributed by atoms with Crippen molar-refractivity contribution < 1.29 is 9.18 Å². The number of thiophene rings is 1. The molecule has 0 bridgehead atoms. The minimum atomic E-state index is -0.346. The van der Waals surface area contributed by atoms with Gasteiger partial charge < -0.3 is 10.6 Å². The molecule has 0 atom stereocenters. The van der Waals surface area contributed by atoms with E-state index in [2.05, 4.69) is 38.2 Å². The van der Waals surface area contributed by atoms with Gasteiger partial charge in [-0.3, -0.25) is 4.79 Å². The van der Waals surface area contributed by atoms with Crippen LogP contribution in [0, 0.1) is 15.3 Å². The molecule has 7 heteroatoms. The summed E-state index contributed by atoms with van der Waals surface area (Å²) in [4.78, 5) is 17.8. The van der Waals surface area contributed by atoms with Crippen LogP contribution in [0.4, 0.5) is 15.1 Å². The molecule has 1 saturated carbocycles. The third-order valence-electron chi connectivity index (χ3n) is 4.12. The van der Waals surface area contributed by atoms with Crippen LogP contribution in [0.2, 0.25) is 0 Å². The van der Waals surface area contributed by atoms with Gasteiger partial charge in [0.1, 0.15) is 15.6 Å². The van der Waals surface area contributed by atoms with Crippen molar-refractivity contribution in [2.75, 3.05) is 11.9 Å². The normalized spacial score (nSPS) is 13.8. The van der Waals surface area contributed by atoms with Gasteiger partial charge in [0.2, 0.25) is 0 Å². The van der Waals surface area contributed by atoms with E-state index in [4.69, 9.17) is 0 Å². The molecule has 3 aromatic rings. The van der Waals surface area contributed by atoms with Crippen molar-refractivity contribution in [2.45, 2.75) is 12.8 Å². The van der Waals surface area contributed by atoms with Crippen molar-refractivity contribution in [2.24, 2.45) is 5.92 Å². The van der Waals surface area contributed by atoms with Crippen LogP contribution in [0.1, 0.15) is 23.2 Å². The second kappa shape index (κ2) is 6.87. The molecule has 0 radical (unpaired) electrons. The molecule has 0 unspecified atom stereocenters. The Morgan fingerprint density at radius 3 is 2.96 bits per heavy atom. The number of carbonyl (C=O) groups is 1. The summed E-state index contributed by atoms with van der Waals surface area (Å²) in [6.07, 6.45) is 4.04. The number of carbonyl (C=O) groups excluding carboxylic acids is 1. The number of benzene rings is 1. The van der Waals surface area contributed by atoms with Crippen LogP contribution in [0.25, 0.3) is 10.2 Å². The Balaban J connectivity index is 1.71. The van der Waals surface area contributed by atoms with Gasteiger partial charge in [-0.15, -0.1) is 0 Å². The Morgan fingerprint density at radius 2 is 2.20 bits per heavy atom. The minimum Gasteiger partial charge on any atom is -0.352 e. The van der Waals surface area contributed by atoms with Crippen molar-refractivity contribution in [3.05, 3.63) is 51.5 Å². The summed E-state index contributed by atoms with van der Waals surface area (Å²) in [7, 11) is 0. The van der Waals surface area contributed by atoms with E-state index < -0.39 is 0 Å². The highest BCUT2D eigenvalue weighted by Crippen LogP contribution is 2.37. The van der Waals surface area contributed by atoms with Crippen LogP contribution in [-0.2, 0) is 0 Å². The average molecular weight is 467 g/mol. The second-order valence-electron chi connectivity index (χ2n) is 6.06. The van der Waals surface area contributed by atoms with Crippen molar-refractivity contribution in [3.8, 4) is 0 Å². The molecule has 4 rings (SSSR count). The number of pyridine rings is 1. The van der Waals surface area contributed by atoms with E-state index in [1.54, 1.807) is 12.3 Å². The zero-order chi connectivity index (χ0) is 17.4. The molecular weight excluding hydrogens is 452 g/mol. The maximum atomic E-state index is 14.2. The van der Waals surface area contributed by atoms with Gasteiger partial charge in [0.05, 0.1) is 11.3 Å². The van der Waals surface area contributed by atoms with Crippen LogP contribution in [0.15, 0.2) is 36.5 Å². The topological polar surface area (TPSA) is 54.0 Å². The molecule has 25 heavy (non-hydrogen) atoms. The Labute approximate surface area is 162 Å². The third-order valence-corrected chi connectivity index (χ3v) is 5.82. The molecule has 1 aromatic carbocycles. The molecule has 0 saturated heterocycles. The maximum Gasteiger partial charge on any atom is 0.254 e. The monoisotopic (exact) mass is 467 g/mol. The molecular formula is C18H15FIN3OS. The number of nitrogens with zero attached hydrogens (tertiary/aromatic N) is 1. The first kappa shape index (κ1) is 16.7. The van der Waals surface area contributed by atoms with Crippen LogP contribution >= 0.6 is 33.9 Å². The summed E-state index contributed by atoms with van der Waals surface area (Å²) in [6, 6.07) is 8.65. The van der Waals surface area contributed by atoms with Gasteiger partial charge in [-0.25, -0.2) is 9.37 Å². The van der Waals surface area contributed by atoms with E-state index in [9.17, 15) is 9.18 Å². The number of fused-ring (bicyclic) bond motifs is 1. The predicted molar refractivity (Wildman–Crippen MR) is 107 cm³/mol. The van der Waals surface area contributed by atoms with Gasteiger partial charge in [-0.1, -0.05) is 11.3 Å². The van der Waals surface area contributed by atoms with Gasteiger partial charge >= 0.3 is 0 Å². The summed E-state index contributed by atoms with van der Waals surface area (Å²) in [5.41, 5.74) is 0.884. The molecule has 0 spiro atoms. The lowest BCUT2D eigenvalue weighted by Gasteiger charge is -2.09. The SMILES string of the molecule is O=C(NCC1CC1)c1c(Nc2ccc(I)cc2F)sc2ncccc12. The summed E-state index contributed by atoms with van der Waals surface area (Å²) in [6.45, 7) is 0.688. The molecule has 1 amide bonds. The highest BCUT2D eigenvalue weighted by Gasteiger charge is 2.25. The Hall–Kier alpha value is -1.74. The first-order chi connectivity index (χ1) is 12.1. The number of anilines is 2. The van der Waals surface area contributed by atoms with E-state index in [0.29, 0.717) is 28.7 Å². The Bertz CT molecular complexity index is 955. The number of hydrogen-bond acceptors (Lipinski definition) is 4. The van der Waals surface area contributed by atoms with E-state index in [1.807, 2.05) is 18.2 Å². The molecule has 4 nitrogen and oxygen atoms in total. The average Bonchev–Trinajstić information content (AvgIpc) is 3.35. The molecule has 1 aliphatic rings. The Morgan fingerprint density at radius 1 is 1.36 bits per heavy atom. The summed E-state index contributed by atoms with van der Waals surface area (Å²) >= 11 is 3.42. The van der Waals surface area contributed by atoms with Crippen molar-refractivity contribution in [1.29, 1.82) is 0 Å². The molecule has 0 aliphatic heterocycles. The molecule has 2 aromatic heterocycles. The van der Waals surface area contributed by atoms with Crippen molar-refractivity contribution in [3.63, 3.8) is 0 Å². The van der Waals surface area contributed by atoms with Crippen LogP contribution < -0.4 is 10.6 Å². The van der Waals surface area contributed by atoms with Gasteiger partial charge in [0, 0.05) is 21.7 Å². The van der Waals surface area contributed by atoms with Crippen LogP contribution in [0.3, 0.4) is 0 Å². The largest absolute Gasteiger partial charge is 0.352 e. The molecule has 128 valence electrons. The molecule has 2 heterocycles. The fourth-order valence-electron chi connectivity index (χ4n) is 2.61. The zero-order valence-corrected chi connectivity index (χ0v) is 16.2. The third kappa shape index (κ3) is 3.62. The number of amides is 1. The smallest absolute Gasteiger partial charge is 0.254 e. The summed E-state index contributed by atoms with van der Waals surface area (Å²) < 4.78 is 15.0. The number of halogens is 2. The predicted octanol–water partition coefficient (Wildman–Crippen LogP) is 4.92. The van der Waals surface area contributed by atoms with E-state index in [0.717, 1.165) is 13.8 Å². The zero-order valence-electron chi connectivity index (χ0n) is 13.2. The van der Waals surface area contributed by atoms with Gasteiger partial charge in [-0.05, 0) is 71.7 Å². The maximum absolute atomic E-state index is 14.2. The molecule has 2 N–H and O–H groups in total. The summed E-state index contributed by atoms with van der Waals surface area (Å²) in [5.74, 6) is 0.109. The summed E-state index contributed by atoms with van der Waals surface area (Å²) in [5, 5.41) is 7.47. The quantitative estimate of drug-likeness (QED) is 0.524. The minimum absolute atomic E-state index is 0.139. The number of nitrogens with one attached hydrogen (secondary N) is 2. The van der Waals surface area contributed by atoms with E-state index in [1.165, 1.54) is 30.2 Å². The van der Waals surface area contributed by atoms with E-state index in [-0.39, 0.29) is 11.7 Å². The lowest BCUT2D eigenvalue weighted by atomic mass is 10.2. The fraction of sp³-hybridized carbons (Fsp3) is 0.222. The first-order valence-electron chi connectivity index (χ1n) is 7.99. The fourth-order valence-corrected chi connectivity index (χ4v) is 4.11. The first-order valence-corrected chi connectivity index (χ1v) is 9.89. The lowest BCUT2D eigenvalue weighted by Crippen LogP contribution is -2.25. The van der Waals surface area contributed by atoms with Crippen LogP contribution in [-0.4, -0.2) is 17.4 Å². The van der Waals surface area contributed by atoms with E-state index >= 15 is 0 Å². The molecule has 1 aliphatic carbocycles. The number of rotatable bonds is 5. The lowest BCUT2D eigenvalue weighted by molar-refractivity contribution is 0.0954. The van der Waals surface area contributed by atoms with Gasteiger partial charge in [-0.2, -0.15) is 0 Å². The second-order valence-corrected chi connectivity index (χ2v) is 8.31. The highest BCUT2D eigenvalue weighted by molar-refractivity contribution is 14.1. The standard InChI is InChI=1S/C18H15FIN3OS/c19-13-8-11(20)5-6-14(13)23-18-15(16(24)22-9-10-3-4-10)12-2-1-7-21-17(12)25-18/h1-2,5-8,10,23H,3-4,9H2,(H,22,24). The number of aromatic nitrogens is 1. The van der Waals surface area contributed by atoms with Gasteiger partial charge in [0.25, 0.3) is 5.91 Å². The Kier molecular flexibility index (Phi) is 4.60. The van der Waals surface area contributed by atoms with Crippen molar-refractivity contribution >= 4 is 60.7 Å². The van der Waals surface area contributed by atoms with Gasteiger partial charge in [0.15, 0.2) is 0 Å². The number of hydrogen-bond donors (Lipinski definition) is 2. The van der Waals surface area contributed by atoms with Crippen LogP contribution in [0.5, 0.6) is 0 Å². The molecule has 1 fully saturated rings.